The van der Waals surface area contributed by atoms with Crippen molar-refractivity contribution in [1.29, 1.82) is 0 Å². The van der Waals surface area contributed by atoms with Crippen LogP contribution in [0.5, 0.6) is 0 Å². The largest absolute Gasteiger partial charge is 0.610 e. The van der Waals surface area contributed by atoms with Gasteiger partial charge in [-0.2, -0.15) is 0 Å². The van der Waals surface area contributed by atoms with Crippen LogP contribution in [0.15, 0.2) is 30.3 Å². The van der Waals surface area contributed by atoms with Gasteiger partial charge in [0.25, 0.3) is 0 Å². The Kier molecular flexibility index (Phi) is 2.59. The summed E-state index contributed by atoms with van der Waals surface area (Å²) in [5, 5.41) is 4.17. The van der Waals surface area contributed by atoms with E-state index in [-0.39, 0.29) is 5.37 Å². The summed E-state index contributed by atoms with van der Waals surface area (Å²) in [7, 11) is 0. The highest BCUT2D eigenvalue weighted by molar-refractivity contribution is 7.94. The van der Waals surface area contributed by atoms with Crippen molar-refractivity contribution in [2.45, 2.75) is 5.37 Å². The lowest BCUT2D eigenvalue weighted by atomic mass is 10.4. The predicted octanol–water partition coefficient (Wildman–Crippen LogP) is 0.681. The molecule has 2 nitrogen and oxygen atoms in total. The molecule has 0 spiro atoms. The molecule has 1 N–H and O–H groups in total. The number of dihydropyridines is 1. The van der Waals surface area contributed by atoms with E-state index in [1.54, 1.807) is 18.4 Å². The smallest absolute Gasteiger partial charge is 0.209 e. The summed E-state index contributed by atoms with van der Waals surface area (Å²) in [5.74, 6) is 0. The molecule has 0 aliphatic carbocycles. The zero-order valence-corrected chi connectivity index (χ0v) is 6.23. The van der Waals surface area contributed by atoms with Gasteiger partial charge in [-0.1, -0.05) is 6.58 Å². The average Bonchev–Trinajstić information content (AvgIpc) is 2.05. The maximum absolute atomic E-state index is 11.0. The van der Waals surface area contributed by atoms with Gasteiger partial charge in [0.1, 0.15) is 5.41 Å². The summed E-state index contributed by atoms with van der Waals surface area (Å²) in [6, 6.07) is 0. The molecule has 0 amide bonds. The van der Waals surface area contributed by atoms with Crippen molar-refractivity contribution in [2.75, 3.05) is 0 Å². The molecule has 1 aliphatic heterocycles. The zero-order chi connectivity index (χ0) is 7.40. The first-order chi connectivity index (χ1) is 4.84. The first kappa shape index (κ1) is 7.44. The standard InChI is InChI=1S/C7H8NOS/c1-2-10(9)7-5-3-4-6-8-7/h2-3,5-8H,1H2. The minimum atomic E-state index is -1.02. The van der Waals surface area contributed by atoms with E-state index in [1.165, 1.54) is 5.41 Å². The number of nitrogens with one attached hydrogen (secondary N) is 1. The first-order valence-corrected chi connectivity index (χ1v) is 4.14. The Balaban J connectivity index is 2.50. The van der Waals surface area contributed by atoms with Gasteiger partial charge < -0.3 is 9.87 Å². The van der Waals surface area contributed by atoms with Crippen LogP contribution in [0.3, 0.4) is 0 Å². The van der Waals surface area contributed by atoms with Gasteiger partial charge in [-0.15, -0.1) is 0 Å². The normalized spacial score (nSPS) is 25.5. The third kappa shape index (κ3) is 1.65. The zero-order valence-electron chi connectivity index (χ0n) is 5.41. The van der Waals surface area contributed by atoms with Gasteiger partial charge in [0, 0.05) is 17.4 Å². The van der Waals surface area contributed by atoms with Crippen LogP contribution in [-0.4, -0.2) is 9.93 Å². The van der Waals surface area contributed by atoms with Gasteiger partial charge in [-0.05, 0) is 18.2 Å². The molecule has 1 aliphatic rings. The van der Waals surface area contributed by atoms with Crippen LogP contribution in [0.25, 0.3) is 0 Å². The van der Waals surface area contributed by atoms with Crippen LogP contribution in [0, 0.1) is 6.08 Å². The van der Waals surface area contributed by atoms with Crippen molar-refractivity contribution < 1.29 is 4.55 Å². The number of allylic oxidation sites excluding steroid dienone is 2. The fourth-order valence-corrected chi connectivity index (χ4v) is 1.27. The van der Waals surface area contributed by atoms with Crippen LogP contribution in [0.2, 0.25) is 0 Å². The van der Waals surface area contributed by atoms with Gasteiger partial charge in [-0.3, -0.25) is 0 Å². The molecule has 1 radical (unpaired) electrons. The molecular formula is C7H8NOS. The van der Waals surface area contributed by atoms with Crippen LogP contribution < -0.4 is 5.32 Å². The lowest BCUT2D eigenvalue weighted by molar-refractivity contribution is 0.590. The Morgan fingerprint density at radius 1 is 1.80 bits per heavy atom. The third-order valence-electron chi connectivity index (χ3n) is 1.11. The van der Waals surface area contributed by atoms with Crippen molar-refractivity contribution >= 4 is 11.2 Å². The molecule has 1 rings (SSSR count). The fourth-order valence-electron chi connectivity index (χ4n) is 0.625. The summed E-state index contributed by atoms with van der Waals surface area (Å²) in [6.45, 7) is 3.43. The lowest BCUT2D eigenvalue weighted by Crippen LogP contribution is -2.31. The average molecular weight is 154 g/mol. The Bertz CT molecular complexity index is 176. The highest BCUT2D eigenvalue weighted by Gasteiger charge is 2.14. The molecule has 0 saturated carbocycles. The molecule has 0 bridgehead atoms. The number of hydrogen-bond acceptors (Lipinski definition) is 2. The quantitative estimate of drug-likeness (QED) is 0.594. The van der Waals surface area contributed by atoms with Crippen molar-refractivity contribution in [2.24, 2.45) is 0 Å². The number of hydrogen-bond donors (Lipinski definition) is 1. The van der Waals surface area contributed by atoms with Crippen LogP contribution >= 0.6 is 0 Å². The first-order valence-electron chi connectivity index (χ1n) is 2.87. The molecular weight excluding hydrogens is 146 g/mol. The molecule has 0 saturated heterocycles. The van der Waals surface area contributed by atoms with E-state index in [4.69, 9.17) is 0 Å². The van der Waals surface area contributed by atoms with Crippen LogP contribution in [0.1, 0.15) is 0 Å². The SMILES string of the molecule is C=C[S+]([O-])C1C=C[C]=CN1. The molecule has 1 heterocycles. The van der Waals surface area contributed by atoms with Crippen molar-refractivity contribution in [3.8, 4) is 0 Å². The van der Waals surface area contributed by atoms with Gasteiger partial charge >= 0.3 is 0 Å². The maximum Gasteiger partial charge on any atom is 0.209 e. The van der Waals surface area contributed by atoms with Crippen molar-refractivity contribution in [1.82, 2.24) is 5.32 Å². The van der Waals surface area contributed by atoms with Crippen molar-refractivity contribution in [3.63, 3.8) is 0 Å². The van der Waals surface area contributed by atoms with Crippen LogP contribution in [0.4, 0.5) is 0 Å². The molecule has 53 valence electrons. The van der Waals surface area contributed by atoms with Gasteiger partial charge in [0.05, 0.1) is 0 Å². The Morgan fingerprint density at radius 2 is 2.60 bits per heavy atom. The Hall–Kier alpha value is -0.670. The summed E-state index contributed by atoms with van der Waals surface area (Å²) in [6.07, 6.45) is 7.98. The highest BCUT2D eigenvalue weighted by atomic mass is 32.2. The minimum absolute atomic E-state index is 0.126. The second kappa shape index (κ2) is 3.49. The summed E-state index contributed by atoms with van der Waals surface area (Å²) in [4.78, 5) is 0. The van der Waals surface area contributed by atoms with E-state index >= 15 is 0 Å². The molecule has 2 unspecified atom stereocenters. The maximum atomic E-state index is 11.0. The van der Waals surface area contributed by atoms with Gasteiger partial charge in [0.15, 0.2) is 0 Å². The molecule has 0 aromatic carbocycles. The van der Waals surface area contributed by atoms with E-state index in [0.717, 1.165) is 0 Å². The summed E-state index contributed by atoms with van der Waals surface area (Å²) >= 11 is -1.02. The summed E-state index contributed by atoms with van der Waals surface area (Å²) < 4.78 is 11.0. The van der Waals surface area contributed by atoms with E-state index < -0.39 is 11.2 Å². The van der Waals surface area contributed by atoms with E-state index in [1.807, 2.05) is 0 Å². The molecule has 10 heavy (non-hydrogen) atoms. The second-order valence-corrected chi connectivity index (χ2v) is 3.25. The molecule has 0 fully saturated rings. The predicted molar refractivity (Wildman–Crippen MR) is 42.2 cm³/mol. The lowest BCUT2D eigenvalue weighted by Gasteiger charge is -2.16. The van der Waals surface area contributed by atoms with E-state index in [9.17, 15) is 4.55 Å². The highest BCUT2D eigenvalue weighted by Crippen LogP contribution is 2.04. The fraction of sp³-hybridized carbons (Fsp3) is 0.143. The summed E-state index contributed by atoms with van der Waals surface area (Å²) in [5.41, 5.74) is 0. The molecule has 3 heteroatoms. The van der Waals surface area contributed by atoms with Crippen molar-refractivity contribution in [3.05, 3.63) is 36.4 Å². The molecule has 2 atom stereocenters. The van der Waals surface area contributed by atoms with Gasteiger partial charge in [0.2, 0.25) is 5.37 Å². The van der Waals surface area contributed by atoms with Crippen LogP contribution in [-0.2, 0) is 11.2 Å². The Morgan fingerprint density at radius 3 is 3.10 bits per heavy atom. The minimum Gasteiger partial charge on any atom is -0.610 e. The van der Waals surface area contributed by atoms with Gasteiger partial charge in [-0.25, -0.2) is 0 Å². The third-order valence-corrected chi connectivity index (χ3v) is 2.24. The number of rotatable bonds is 2. The molecule has 0 aromatic heterocycles. The molecule has 0 aromatic rings. The second-order valence-electron chi connectivity index (χ2n) is 1.75. The van der Waals surface area contributed by atoms with E-state index in [0.29, 0.717) is 0 Å². The van der Waals surface area contributed by atoms with E-state index in [2.05, 4.69) is 18.0 Å². The Labute approximate surface area is 63.5 Å². The topological polar surface area (TPSA) is 35.1 Å². The monoisotopic (exact) mass is 154 g/mol.